The summed E-state index contributed by atoms with van der Waals surface area (Å²) in [5, 5.41) is 0. The van der Waals surface area contributed by atoms with E-state index in [1.165, 1.54) is 0 Å². The first kappa shape index (κ1) is 19.5. The molecule has 26 heavy (non-hydrogen) atoms. The third kappa shape index (κ3) is 5.93. The summed E-state index contributed by atoms with van der Waals surface area (Å²) in [6.07, 6.45) is 3.41. The maximum absolute atomic E-state index is 10.9. The van der Waals surface area contributed by atoms with E-state index in [0.29, 0.717) is 49.2 Å². The average molecular weight is 356 g/mol. The molecule has 0 aromatic heterocycles. The van der Waals surface area contributed by atoms with Crippen molar-refractivity contribution in [3.63, 3.8) is 0 Å². The molecule has 0 radical (unpaired) electrons. The molecule has 0 N–H and O–H groups in total. The predicted molar refractivity (Wildman–Crippen MR) is 101 cm³/mol. The van der Waals surface area contributed by atoms with Gasteiger partial charge in [0.1, 0.15) is 19.0 Å². The second-order valence-corrected chi connectivity index (χ2v) is 5.44. The number of allylic oxidation sites excluding steroid dienone is 1. The monoisotopic (exact) mass is 356 g/mol. The molecular weight excluding hydrogens is 332 g/mol. The topological polar surface area (TPSA) is 54.0 Å². The van der Waals surface area contributed by atoms with Crippen molar-refractivity contribution in [2.75, 3.05) is 33.5 Å². The van der Waals surface area contributed by atoms with Gasteiger partial charge >= 0.3 is 0 Å². The number of hydrogen-bond acceptors (Lipinski definition) is 5. The molecule has 0 aliphatic heterocycles. The van der Waals surface area contributed by atoms with E-state index in [1.807, 2.05) is 30.3 Å². The molecule has 0 unspecified atom stereocenters. The van der Waals surface area contributed by atoms with Gasteiger partial charge < -0.3 is 18.9 Å². The van der Waals surface area contributed by atoms with Gasteiger partial charge in [0.2, 0.25) is 0 Å². The Morgan fingerprint density at radius 1 is 0.923 bits per heavy atom. The van der Waals surface area contributed by atoms with Gasteiger partial charge in [0.15, 0.2) is 17.8 Å². The minimum atomic E-state index is 0.366. The molecule has 5 heteroatoms. The van der Waals surface area contributed by atoms with E-state index in [0.717, 1.165) is 18.3 Å². The Kier molecular flexibility index (Phi) is 8.23. The molecule has 2 aromatic rings. The highest BCUT2D eigenvalue weighted by atomic mass is 16.6. The van der Waals surface area contributed by atoms with Crippen molar-refractivity contribution < 1.29 is 23.7 Å². The van der Waals surface area contributed by atoms with Crippen molar-refractivity contribution >= 4 is 6.29 Å². The number of rotatable bonds is 12. The maximum Gasteiger partial charge on any atom is 0.161 e. The molecule has 0 saturated carbocycles. The summed E-state index contributed by atoms with van der Waals surface area (Å²) in [6.45, 7) is 5.34. The third-order valence-corrected chi connectivity index (χ3v) is 3.62. The van der Waals surface area contributed by atoms with Crippen LogP contribution in [0.1, 0.15) is 15.9 Å². The Bertz CT molecular complexity index is 711. The highest BCUT2D eigenvalue weighted by Crippen LogP contribution is 2.28. The molecule has 5 nitrogen and oxygen atoms in total. The third-order valence-electron chi connectivity index (χ3n) is 3.62. The predicted octanol–water partition coefficient (Wildman–Crippen LogP) is 3.71. The minimum Gasteiger partial charge on any atom is -0.493 e. The van der Waals surface area contributed by atoms with E-state index in [-0.39, 0.29) is 0 Å². The Morgan fingerprint density at radius 2 is 1.65 bits per heavy atom. The number of ether oxygens (including phenoxy) is 4. The first-order valence-corrected chi connectivity index (χ1v) is 8.44. The van der Waals surface area contributed by atoms with Crippen molar-refractivity contribution in [1.82, 2.24) is 0 Å². The van der Waals surface area contributed by atoms with Crippen LogP contribution in [-0.2, 0) is 11.2 Å². The molecule has 138 valence electrons. The van der Waals surface area contributed by atoms with Crippen LogP contribution in [0.3, 0.4) is 0 Å². The molecule has 2 aromatic carbocycles. The lowest BCUT2D eigenvalue weighted by atomic mass is 10.1. The summed E-state index contributed by atoms with van der Waals surface area (Å²) in [5.74, 6) is 1.94. The van der Waals surface area contributed by atoms with Gasteiger partial charge in [0, 0.05) is 0 Å². The van der Waals surface area contributed by atoms with E-state index >= 15 is 0 Å². The lowest BCUT2D eigenvalue weighted by Gasteiger charge is -2.12. The molecule has 0 bridgehead atoms. The van der Waals surface area contributed by atoms with Crippen LogP contribution in [0.5, 0.6) is 17.2 Å². The zero-order valence-corrected chi connectivity index (χ0v) is 15.0. The number of carbonyl (C=O) groups excluding carboxylic acids is 1. The lowest BCUT2D eigenvalue weighted by molar-refractivity contribution is 0.0754. The fourth-order valence-electron chi connectivity index (χ4n) is 2.36. The van der Waals surface area contributed by atoms with Gasteiger partial charge in [-0.3, -0.25) is 4.79 Å². The first-order valence-electron chi connectivity index (χ1n) is 8.44. The molecule has 2 rings (SSSR count). The van der Waals surface area contributed by atoms with Crippen LogP contribution in [-0.4, -0.2) is 39.8 Å². The number of para-hydroxylation sites is 1. The lowest BCUT2D eigenvalue weighted by Crippen LogP contribution is -2.12. The molecule has 0 aliphatic carbocycles. The second-order valence-electron chi connectivity index (χ2n) is 5.44. The van der Waals surface area contributed by atoms with E-state index in [9.17, 15) is 4.79 Å². The maximum atomic E-state index is 10.9. The smallest absolute Gasteiger partial charge is 0.161 e. The zero-order valence-electron chi connectivity index (χ0n) is 15.0. The fourth-order valence-corrected chi connectivity index (χ4v) is 2.36. The summed E-state index contributed by atoms with van der Waals surface area (Å²) in [4.78, 5) is 10.9. The quantitative estimate of drug-likeness (QED) is 0.330. The first-order chi connectivity index (χ1) is 12.8. The molecular formula is C21H24O5. The van der Waals surface area contributed by atoms with Crippen LogP contribution in [0.25, 0.3) is 0 Å². The summed E-state index contributed by atoms with van der Waals surface area (Å²) in [5.41, 5.74) is 1.65. The molecule has 0 amide bonds. The second kappa shape index (κ2) is 10.9. The highest BCUT2D eigenvalue weighted by molar-refractivity contribution is 5.79. The molecule has 0 fully saturated rings. The molecule has 0 spiro atoms. The van der Waals surface area contributed by atoms with E-state index in [1.54, 1.807) is 25.3 Å². The minimum absolute atomic E-state index is 0.366. The number of hydrogen-bond donors (Lipinski definition) is 0. The number of methoxy groups -OCH3 is 1. The molecule has 0 atom stereocenters. The summed E-state index contributed by atoms with van der Waals surface area (Å²) in [6, 6.07) is 12.9. The number of aldehydes is 1. The van der Waals surface area contributed by atoms with Crippen molar-refractivity contribution in [2.24, 2.45) is 0 Å². The van der Waals surface area contributed by atoms with Crippen molar-refractivity contribution in [2.45, 2.75) is 6.42 Å². The van der Waals surface area contributed by atoms with Crippen molar-refractivity contribution in [1.29, 1.82) is 0 Å². The van der Waals surface area contributed by atoms with Crippen LogP contribution in [0.2, 0.25) is 0 Å². The van der Waals surface area contributed by atoms with E-state index in [2.05, 4.69) is 6.58 Å². The SMILES string of the molecule is C=CCc1ccc(OCCOCCOc2ccccc2C=O)c(OC)c1. The highest BCUT2D eigenvalue weighted by Gasteiger charge is 2.05. The molecule has 0 saturated heterocycles. The van der Waals surface area contributed by atoms with Gasteiger partial charge in [0.25, 0.3) is 0 Å². The number of carbonyl (C=O) groups is 1. The Balaban J connectivity index is 1.67. The van der Waals surface area contributed by atoms with Crippen LogP contribution < -0.4 is 14.2 Å². The van der Waals surface area contributed by atoms with Crippen LogP contribution in [0.15, 0.2) is 55.1 Å². The van der Waals surface area contributed by atoms with Gasteiger partial charge in [-0.15, -0.1) is 6.58 Å². The van der Waals surface area contributed by atoms with Crippen molar-refractivity contribution in [3.05, 3.63) is 66.2 Å². The summed E-state index contributed by atoms with van der Waals surface area (Å²) >= 11 is 0. The Hall–Kier alpha value is -2.79. The van der Waals surface area contributed by atoms with Crippen LogP contribution in [0.4, 0.5) is 0 Å². The Labute approximate surface area is 154 Å². The van der Waals surface area contributed by atoms with E-state index in [4.69, 9.17) is 18.9 Å². The van der Waals surface area contributed by atoms with E-state index < -0.39 is 0 Å². The Morgan fingerprint density at radius 3 is 2.35 bits per heavy atom. The number of benzene rings is 2. The zero-order chi connectivity index (χ0) is 18.6. The summed E-state index contributed by atoms with van der Waals surface area (Å²) in [7, 11) is 1.62. The largest absolute Gasteiger partial charge is 0.493 e. The summed E-state index contributed by atoms with van der Waals surface area (Å²) < 4.78 is 22.1. The fraction of sp³-hybridized carbons (Fsp3) is 0.286. The van der Waals surface area contributed by atoms with Crippen LogP contribution >= 0.6 is 0 Å². The normalized spacial score (nSPS) is 10.2. The molecule has 0 heterocycles. The van der Waals surface area contributed by atoms with Gasteiger partial charge in [-0.2, -0.15) is 0 Å². The van der Waals surface area contributed by atoms with Gasteiger partial charge in [0.05, 0.1) is 25.9 Å². The van der Waals surface area contributed by atoms with Gasteiger partial charge in [-0.1, -0.05) is 24.3 Å². The average Bonchev–Trinajstić information content (AvgIpc) is 2.68. The van der Waals surface area contributed by atoms with Crippen molar-refractivity contribution in [3.8, 4) is 17.2 Å². The molecule has 0 aliphatic rings. The van der Waals surface area contributed by atoms with Crippen LogP contribution in [0, 0.1) is 0 Å². The van der Waals surface area contributed by atoms with Gasteiger partial charge in [-0.25, -0.2) is 0 Å². The standard InChI is InChI=1S/C21H24O5/c1-3-6-17-9-10-20(21(15-17)23-2)26-14-12-24-11-13-25-19-8-5-4-7-18(19)16-22/h3-5,7-10,15-16H,1,6,11-14H2,2H3. The van der Waals surface area contributed by atoms with Gasteiger partial charge in [-0.05, 0) is 36.2 Å².